The summed E-state index contributed by atoms with van der Waals surface area (Å²) in [6, 6.07) is 6.69. The molecule has 10 rings (SSSR count). The number of piperidine rings is 3. The number of benzene rings is 1. The standard InChI is InChI=1S/C45H56FN11O4/c1-44(2)26-53(23-28-8-14-54(15-9-28)35-5-4-30-32(40(35)46)25-57(43(30)60)36-6-7-38(58)50-42(36)59)18-19-56(44)24-29-10-16-55(17-11-29)37-21-33(48-27-49-37)41-31-20-39(61-45(3)12-13-45)47-22-34(31)51-52-41/h4-5,20-22,27-29,36H,6-19,23-26H2,1-3H3,(H,51,52)(H,50,58,59). The molecule has 5 fully saturated rings. The van der Waals surface area contributed by atoms with E-state index in [4.69, 9.17) is 4.74 Å². The molecule has 3 aromatic heterocycles. The van der Waals surface area contributed by atoms with Crippen molar-refractivity contribution in [3.8, 4) is 17.3 Å². The van der Waals surface area contributed by atoms with E-state index in [9.17, 15) is 14.4 Å². The maximum atomic E-state index is 16.0. The average Bonchev–Trinajstić information content (AvgIpc) is 3.66. The lowest BCUT2D eigenvalue weighted by atomic mass is 9.90. The van der Waals surface area contributed by atoms with Gasteiger partial charge in [-0.2, -0.15) is 5.10 Å². The smallest absolute Gasteiger partial charge is 0.255 e. The van der Waals surface area contributed by atoms with Crippen LogP contribution in [0.25, 0.3) is 22.3 Å². The van der Waals surface area contributed by atoms with Crippen molar-refractivity contribution in [2.75, 3.05) is 68.7 Å². The number of carbonyl (C=O) groups is 3. The van der Waals surface area contributed by atoms with Crippen molar-refractivity contribution in [3.63, 3.8) is 0 Å². The molecular weight excluding hydrogens is 778 g/mol. The van der Waals surface area contributed by atoms with Crippen LogP contribution in [-0.4, -0.2) is 134 Å². The number of imide groups is 1. The van der Waals surface area contributed by atoms with Crippen molar-refractivity contribution in [3.05, 3.63) is 53.7 Å². The van der Waals surface area contributed by atoms with Gasteiger partial charge in [0.1, 0.15) is 29.5 Å². The van der Waals surface area contributed by atoms with Crippen molar-refractivity contribution in [2.45, 2.75) is 95.9 Å². The summed E-state index contributed by atoms with van der Waals surface area (Å²) in [7, 11) is 0. The highest BCUT2D eigenvalue weighted by Crippen LogP contribution is 2.40. The van der Waals surface area contributed by atoms with Gasteiger partial charge in [0.25, 0.3) is 5.91 Å². The first-order chi connectivity index (χ1) is 29.4. The molecule has 8 heterocycles. The highest BCUT2D eigenvalue weighted by molar-refractivity contribution is 6.05. The predicted octanol–water partition coefficient (Wildman–Crippen LogP) is 4.78. The molecule has 3 amide bonds. The molecule has 5 aliphatic heterocycles. The number of pyridine rings is 1. The molecule has 15 nitrogen and oxygen atoms in total. The average molecular weight is 834 g/mol. The summed E-state index contributed by atoms with van der Waals surface area (Å²) in [6.07, 6.45) is 10.1. The van der Waals surface area contributed by atoms with E-state index in [0.717, 1.165) is 126 Å². The first-order valence-corrected chi connectivity index (χ1v) is 22.2. The number of anilines is 2. The number of H-pyrrole nitrogens is 1. The van der Waals surface area contributed by atoms with E-state index in [1.807, 2.05) is 6.07 Å². The maximum absolute atomic E-state index is 16.0. The van der Waals surface area contributed by atoms with Crippen molar-refractivity contribution < 1.29 is 23.5 Å². The van der Waals surface area contributed by atoms with Gasteiger partial charge in [-0.3, -0.25) is 34.6 Å². The van der Waals surface area contributed by atoms with Gasteiger partial charge in [0, 0.05) is 99.5 Å². The summed E-state index contributed by atoms with van der Waals surface area (Å²) < 4.78 is 22.2. The van der Waals surface area contributed by atoms with Gasteiger partial charge in [0.15, 0.2) is 5.82 Å². The Hall–Kier alpha value is -5.22. The van der Waals surface area contributed by atoms with Crippen LogP contribution in [0.5, 0.6) is 5.88 Å². The van der Waals surface area contributed by atoms with E-state index in [1.54, 1.807) is 24.7 Å². The number of hydrogen-bond donors (Lipinski definition) is 2. The van der Waals surface area contributed by atoms with Crippen LogP contribution in [0.15, 0.2) is 36.8 Å². The van der Waals surface area contributed by atoms with Gasteiger partial charge in [-0.1, -0.05) is 0 Å². The molecule has 2 N–H and O–H groups in total. The molecule has 1 unspecified atom stereocenters. The number of halogens is 1. The normalized spacial score (nSPS) is 23.8. The highest BCUT2D eigenvalue weighted by atomic mass is 19.1. The summed E-state index contributed by atoms with van der Waals surface area (Å²) in [5.74, 6) is 1.17. The van der Waals surface area contributed by atoms with Crippen LogP contribution in [0.1, 0.15) is 88.1 Å². The topological polar surface area (TPSA) is 156 Å². The minimum Gasteiger partial charge on any atom is -0.471 e. The largest absolute Gasteiger partial charge is 0.471 e. The minimum absolute atomic E-state index is 0.0440. The number of ether oxygens (including phenoxy) is 1. The van der Waals surface area contributed by atoms with Crippen LogP contribution >= 0.6 is 0 Å². The number of nitrogens with zero attached hydrogens (tertiary/aromatic N) is 9. The Bertz CT molecular complexity index is 2350. The number of nitrogens with one attached hydrogen (secondary N) is 2. The zero-order valence-electron chi connectivity index (χ0n) is 35.5. The number of fused-ring (bicyclic) bond motifs is 2. The van der Waals surface area contributed by atoms with Crippen molar-refractivity contribution >= 4 is 40.1 Å². The Balaban J connectivity index is 0.693. The Morgan fingerprint density at radius 2 is 1.62 bits per heavy atom. The third kappa shape index (κ3) is 7.92. The molecule has 322 valence electrons. The lowest BCUT2D eigenvalue weighted by Crippen LogP contribution is -2.61. The molecule has 1 aromatic carbocycles. The second-order valence-electron chi connectivity index (χ2n) is 19.1. The van der Waals surface area contributed by atoms with E-state index in [2.05, 4.69) is 76.9 Å². The second-order valence-corrected chi connectivity index (χ2v) is 19.1. The summed E-state index contributed by atoms with van der Waals surface area (Å²) in [4.78, 5) is 62.3. The Labute approximate surface area is 355 Å². The minimum atomic E-state index is -0.757. The summed E-state index contributed by atoms with van der Waals surface area (Å²) in [6.45, 7) is 15.6. The zero-order chi connectivity index (χ0) is 42.0. The van der Waals surface area contributed by atoms with Crippen LogP contribution in [0.2, 0.25) is 0 Å². The van der Waals surface area contributed by atoms with Crippen LogP contribution < -0.4 is 19.9 Å². The quantitative estimate of drug-likeness (QED) is 0.212. The van der Waals surface area contributed by atoms with Crippen molar-refractivity contribution in [1.29, 1.82) is 0 Å². The first-order valence-electron chi connectivity index (χ1n) is 22.2. The molecule has 0 bridgehead atoms. The number of rotatable bonds is 10. The van der Waals surface area contributed by atoms with Gasteiger partial charge in [0.2, 0.25) is 17.7 Å². The van der Waals surface area contributed by atoms with Crippen LogP contribution in [0.4, 0.5) is 15.9 Å². The van der Waals surface area contributed by atoms with E-state index >= 15 is 4.39 Å². The predicted molar refractivity (Wildman–Crippen MR) is 228 cm³/mol. The third-order valence-electron chi connectivity index (χ3n) is 14.3. The number of aromatic amines is 1. The molecule has 4 aromatic rings. The van der Waals surface area contributed by atoms with Crippen LogP contribution in [0, 0.1) is 17.7 Å². The van der Waals surface area contributed by atoms with Gasteiger partial charge in [0.05, 0.1) is 29.6 Å². The zero-order valence-corrected chi connectivity index (χ0v) is 35.5. The molecule has 6 aliphatic rings. The van der Waals surface area contributed by atoms with Gasteiger partial charge >= 0.3 is 0 Å². The lowest BCUT2D eigenvalue weighted by molar-refractivity contribution is -0.136. The summed E-state index contributed by atoms with van der Waals surface area (Å²) >= 11 is 0. The van der Waals surface area contributed by atoms with Gasteiger partial charge in [-0.25, -0.2) is 19.3 Å². The number of piperazine rings is 1. The molecule has 4 saturated heterocycles. The molecular formula is C45H56FN11O4. The van der Waals surface area contributed by atoms with E-state index in [1.165, 1.54) is 4.90 Å². The molecule has 0 spiro atoms. The Kier molecular flexibility index (Phi) is 10.2. The van der Waals surface area contributed by atoms with Crippen molar-refractivity contribution in [2.24, 2.45) is 11.8 Å². The molecule has 16 heteroatoms. The summed E-state index contributed by atoms with van der Waals surface area (Å²) in [5.41, 5.74) is 3.55. The van der Waals surface area contributed by atoms with Crippen LogP contribution in [-0.2, 0) is 16.1 Å². The number of hydrogen-bond acceptors (Lipinski definition) is 12. The maximum Gasteiger partial charge on any atom is 0.255 e. The number of carbonyl (C=O) groups excluding carboxylic acids is 3. The van der Waals surface area contributed by atoms with Crippen molar-refractivity contribution in [1.82, 2.24) is 45.2 Å². The van der Waals surface area contributed by atoms with E-state index in [0.29, 0.717) is 34.5 Å². The lowest BCUT2D eigenvalue weighted by Gasteiger charge is -2.50. The third-order valence-corrected chi connectivity index (χ3v) is 14.3. The monoisotopic (exact) mass is 833 g/mol. The molecule has 1 atom stereocenters. The molecule has 0 radical (unpaired) electrons. The van der Waals surface area contributed by atoms with Gasteiger partial charge in [-0.05, 0) is 89.7 Å². The molecule has 61 heavy (non-hydrogen) atoms. The second kappa shape index (κ2) is 15.6. The van der Waals surface area contributed by atoms with E-state index < -0.39 is 11.9 Å². The van der Waals surface area contributed by atoms with Gasteiger partial charge < -0.3 is 19.4 Å². The summed E-state index contributed by atoms with van der Waals surface area (Å²) in [5, 5.41) is 11.0. The first kappa shape index (κ1) is 39.9. The van der Waals surface area contributed by atoms with Gasteiger partial charge in [-0.15, -0.1) is 0 Å². The van der Waals surface area contributed by atoms with Crippen LogP contribution in [0.3, 0.4) is 0 Å². The highest BCUT2D eigenvalue weighted by Gasteiger charge is 2.42. The molecule has 1 aliphatic carbocycles. The number of aromatic nitrogens is 5. The fourth-order valence-corrected chi connectivity index (χ4v) is 10.3. The Morgan fingerprint density at radius 3 is 2.36 bits per heavy atom. The van der Waals surface area contributed by atoms with E-state index in [-0.39, 0.29) is 48.2 Å². The molecule has 1 saturated carbocycles. The number of amides is 3. The fourth-order valence-electron chi connectivity index (χ4n) is 10.3. The fraction of sp³-hybridized carbons (Fsp3) is 0.578. The SMILES string of the molecule is CC1(Oc2cc3c(-c4cc(N5CCC(CN6CCN(CC7CCN(c8ccc9c(c8F)CN(C8CCC(=O)NC8=O)C9=O)CC7)CC6(C)C)CC5)ncn4)n[nH]c3cn2)CC1. The Morgan fingerprint density at radius 1 is 0.869 bits per heavy atom.